The van der Waals surface area contributed by atoms with Crippen molar-refractivity contribution >= 4 is 33.3 Å². The first-order valence-electron chi connectivity index (χ1n) is 7.60. The number of amides is 1. The number of anilines is 1. The van der Waals surface area contributed by atoms with Crippen LogP contribution in [0.1, 0.15) is 23.2 Å². The lowest BCUT2D eigenvalue weighted by molar-refractivity contribution is -0.116. The molecule has 0 atom stereocenters. The van der Waals surface area contributed by atoms with Gasteiger partial charge in [-0.2, -0.15) is 0 Å². The van der Waals surface area contributed by atoms with E-state index >= 15 is 0 Å². The van der Waals surface area contributed by atoms with Crippen molar-refractivity contribution in [2.75, 3.05) is 18.5 Å². The number of rotatable bonds is 5. The van der Waals surface area contributed by atoms with Gasteiger partial charge in [-0.15, -0.1) is 0 Å². The van der Waals surface area contributed by atoms with E-state index in [-0.39, 0.29) is 24.5 Å². The molecule has 1 N–H and O–H groups in total. The number of hydrogen-bond acceptors (Lipinski definition) is 4. The van der Waals surface area contributed by atoms with E-state index in [1.54, 1.807) is 30.3 Å². The van der Waals surface area contributed by atoms with Gasteiger partial charge < -0.3 is 14.8 Å². The van der Waals surface area contributed by atoms with Gasteiger partial charge in [0.25, 0.3) is 0 Å². The molecule has 1 aliphatic rings. The third-order valence-corrected chi connectivity index (χ3v) is 4.10. The Hall–Kier alpha value is -2.34. The maximum absolute atomic E-state index is 12.2. The molecule has 0 bridgehead atoms. The molecule has 0 saturated heterocycles. The van der Waals surface area contributed by atoms with E-state index in [1.807, 2.05) is 12.1 Å². The normalized spacial score (nSPS) is 12.5. The Bertz CT molecular complexity index is 758. The van der Waals surface area contributed by atoms with E-state index < -0.39 is 0 Å². The smallest absolute Gasteiger partial charge is 0.224 e. The number of benzene rings is 2. The number of hydrogen-bond donors (Lipinski definition) is 1. The number of carbonyl (C=O) groups excluding carboxylic acids is 2. The Kier molecular flexibility index (Phi) is 5.15. The summed E-state index contributed by atoms with van der Waals surface area (Å²) in [7, 11) is 0. The zero-order valence-electron chi connectivity index (χ0n) is 12.9. The van der Waals surface area contributed by atoms with Gasteiger partial charge in [-0.1, -0.05) is 15.9 Å². The summed E-state index contributed by atoms with van der Waals surface area (Å²) in [4.78, 5) is 24.2. The van der Waals surface area contributed by atoms with Gasteiger partial charge in [0.05, 0.1) is 0 Å². The predicted molar refractivity (Wildman–Crippen MR) is 93.8 cm³/mol. The molecule has 0 unspecified atom stereocenters. The molecule has 3 rings (SSSR count). The molecule has 2 aromatic carbocycles. The van der Waals surface area contributed by atoms with Crippen molar-refractivity contribution in [3.8, 4) is 11.5 Å². The van der Waals surface area contributed by atoms with E-state index in [0.29, 0.717) is 36.0 Å². The highest BCUT2D eigenvalue weighted by Crippen LogP contribution is 2.31. The summed E-state index contributed by atoms with van der Waals surface area (Å²) < 4.78 is 11.8. The summed E-state index contributed by atoms with van der Waals surface area (Å²) in [6.45, 7) is 0.983. The molecule has 1 heterocycles. The molecule has 6 heteroatoms. The van der Waals surface area contributed by atoms with Gasteiger partial charge in [-0.3, -0.25) is 9.59 Å². The van der Waals surface area contributed by atoms with Gasteiger partial charge in [0, 0.05) is 28.6 Å². The van der Waals surface area contributed by atoms with Crippen LogP contribution in [0.4, 0.5) is 5.69 Å². The van der Waals surface area contributed by atoms with Crippen molar-refractivity contribution in [1.29, 1.82) is 0 Å². The van der Waals surface area contributed by atoms with Crippen molar-refractivity contribution in [3.63, 3.8) is 0 Å². The fourth-order valence-electron chi connectivity index (χ4n) is 2.34. The summed E-state index contributed by atoms with van der Waals surface area (Å²) in [5.74, 6) is 0.929. The highest BCUT2D eigenvalue weighted by Gasteiger charge is 2.15. The maximum atomic E-state index is 12.2. The van der Waals surface area contributed by atoms with Crippen LogP contribution >= 0.6 is 15.9 Å². The van der Waals surface area contributed by atoms with Gasteiger partial charge in [-0.25, -0.2) is 0 Å². The third-order valence-electron chi connectivity index (χ3n) is 3.57. The Labute approximate surface area is 148 Å². The van der Waals surface area contributed by atoms with Gasteiger partial charge in [0.2, 0.25) is 5.91 Å². The first kappa shape index (κ1) is 16.5. The molecule has 0 fully saturated rings. The molecule has 1 amide bonds. The topological polar surface area (TPSA) is 64.6 Å². The predicted octanol–water partition coefficient (Wildman–Crippen LogP) is 3.82. The van der Waals surface area contributed by atoms with Crippen LogP contribution in [-0.4, -0.2) is 24.9 Å². The fraction of sp³-hybridized carbons (Fsp3) is 0.222. The van der Waals surface area contributed by atoms with Crippen LogP contribution < -0.4 is 14.8 Å². The lowest BCUT2D eigenvalue weighted by Gasteiger charge is -2.18. The molecular formula is C18H16BrNO4. The average molecular weight is 390 g/mol. The van der Waals surface area contributed by atoms with Crippen molar-refractivity contribution in [2.24, 2.45) is 0 Å². The number of ether oxygens (including phenoxy) is 2. The Morgan fingerprint density at radius 3 is 2.42 bits per heavy atom. The van der Waals surface area contributed by atoms with Gasteiger partial charge in [0.1, 0.15) is 13.2 Å². The maximum Gasteiger partial charge on any atom is 0.224 e. The second-order valence-electron chi connectivity index (χ2n) is 5.34. The molecule has 5 nitrogen and oxygen atoms in total. The third kappa shape index (κ3) is 4.14. The summed E-state index contributed by atoms with van der Waals surface area (Å²) in [5.41, 5.74) is 1.23. The molecule has 24 heavy (non-hydrogen) atoms. The average Bonchev–Trinajstić information content (AvgIpc) is 2.61. The molecule has 0 aromatic heterocycles. The minimum Gasteiger partial charge on any atom is -0.486 e. The largest absolute Gasteiger partial charge is 0.486 e. The van der Waals surface area contributed by atoms with E-state index in [0.717, 1.165) is 4.47 Å². The number of halogens is 1. The van der Waals surface area contributed by atoms with Crippen LogP contribution in [0.15, 0.2) is 46.9 Å². The van der Waals surface area contributed by atoms with Crippen molar-refractivity contribution in [3.05, 3.63) is 52.5 Å². The molecule has 0 aliphatic carbocycles. The first-order chi connectivity index (χ1) is 11.6. The van der Waals surface area contributed by atoms with E-state index in [2.05, 4.69) is 21.2 Å². The summed E-state index contributed by atoms with van der Waals surface area (Å²) >= 11 is 3.34. The SMILES string of the molecule is O=C(CCC(=O)c1ccc2c(c1)OCCO2)Nc1ccc(Br)cc1. The van der Waals surface area contributed by atoms with Crippen LogP contribution in [-0.2, 0) is 4.79 Å². The minimum absolute atomic E-state index is 0.0991. The second-order valence-corrected chi connectivity index (χ2v) is 6.25. The van der Waals surface area contributed by atoms with Gasteiger partial charge >= 0.3 is 0 Å². The quantitative estimate of drug-likeness (QED) is 0.789. The molecule has 2 aromatic rings. The first-order valence-corrected chi connectivity index (χ1v) is 8.39. The van der Waals surface area contributed by atoms with E-state index in [1.165, 1.54) is 0 Å². The fourth-order valence-corrected chi connectivity index (χ4v) is 2.61. The standard InChI is InChI=1S/C18H16BrNO4/c19-13-2-4-14(5-3-13)20-18(22)8-6-15(21)12-1-7-16-17(11-12)24-10-9-23-16/h1-5,7,11H,6,8-10H2,(H,20,22). The summed E-state index contributed by atoms with van der Waals surface area (Å²) in [5, 5.41) is 2.77. The Morgan fingerprint density at radius 2 is 1.67 bits per heavy atom. The molecule has 0 saturated carbocycles. The van der Waals surface area contributed by atoms with Crippen LogP contribution in [0.3, 0.4) is 0 Å². The van der Waals surface area contributed by atoms with Crippen LogP contribution in [0.5, 0.6) is 11.5 Å². The lowest BCUT2D eigenvalue weighted by atomic mass is 10.1. The van der Waals surface area contributed by atoms with E-state index in [9.17, 15) is 9.59 Å². The zero-order valence-corrected chi connectivity index (χ0v) is 14.5. The molecule has 0 radical (unpaired) electrons. The monoisotopic (exact) mass is 389 g/mol. The van der Waals surface area contributed by atoms with Crippen LogP contribution in [0, 0.1) is 0 Å². The van der Waals surface area contributed by atoms with Crippen LogP contribution in [0.2, 0.25) is 0 Å². The summed E-state index contributed by atoms with van der Waals surface area (Å²) in [6.07, 6.45) is 0.269. The Morgan fingerprint density at radius 1 is 0.958 bits per heavy atom. The molecule has 1 aliphatic heterocycles. The highest BCUT2D eigenvalue weighted by atomic mass is 79.9. The second kappa shape index (κ2) is 7.49. The zero-order chi connectivity index (χ0) is 16.9. The molecule has 0 spiro atoms. The number of carbonyl (C=O) groups is 2. The number of ketones is 1. The highest BCUT2D eigenvalue weighted by molar-refractivity contribution is 9.10. The van der Waals surface area contributed by atoms with Gasteiger partial charge in [-0.05, 0) is 42.5 Å². The molecule has 124 valence electrons. The number of nitrogens with one attached hydrogen (secondary N) is 1. The van der Waals surface area contributed by atoms with E-state index in [4.69, 9.17) is 9.47 Å². The van der Waals surface area contributed by atoms with Crippen molar-refractivity contribution < 1.29 is 19.1 Å². The van der Waals surface area contributed by atoms with Crippen LogP contribution in [0.25, 0.3) is 0 Å². The lowest BCUT2D eigenvalue weighted by Crippen LogP contribution is -2.16. The minimum atomic E-state index is -0.191. The Balaban J connectivity index is 1.55. The number of Topliss-reactive ketones (excluding diaryl/α,β-unsaturated/α-hetero) is 1. The number of fused-ring (bicyclic) bond motifs is 1. The van der Waals surface area contributed by atoms with Crippen molar-refractivity contribution in [2.45, 2.75) is 12.8 Å². The van der Waals surface area contributed by atoms with Crippen molar-refractivity contribution in [1.82, 2.24) is 0 Å². The summed E-state index contributed by atoms with van der Waals surface area (Å²) in [6, 6.07) is 12.4. The van der Waals surface area contributed by atoms with Gasteiger partial charge in [0.15, 0.2) is 17.3 Å². The molecular weight excluding hydrogens is 374 g/mol.